The Kier molecular flexibility index (Phi) is 19.0. The second-order valence-corrected chi connectivity index (χ2v) is 35.8. The van der Waals surface area contributed by atoms with Crippen LogP contribution in [0.5, 0.6) is 0 Å². The average Bonchev–Trinajstić information content (AvgIpc) is 1.55. The van der Waals surface area contributed by atoms with Gasteiger partial charge in [-0.1, -0.05) is 146 Å². The van der Waals surface area contributed by atoms with Gasteiger partial charge in [-0.05, 0) is 314 Å². The van der Waals surface area contributed by atoms with Crippen molar-refractivity contribution >= 4 is 114 Å². The molecule has 13 heteroatoms. The predicted octanol–water partition coefficient (Wildman–Crippen LogP) is 26.7. The Bertz CT molecular complexity index is 6920. The Morgan fingerprint density at radius 1 is 0.226 bits per heavy atom. The zero-order valence-corrected chi connectivity index (χ0v) is 72.5. The molecule has 18 aromatic rings. The summed E-state index contributed by atoms with van der Waals surface area (Å²) in [5.74, 6) is 0. The lowest BCUT2D eigenvalue weighted by Gasteiger charge is -2.30. The van der Waals surface area contributed by atoms with Crippen LogP contribution in [-0.4, -0.2) is 72.5 Å². The molecule has 21 rings (SSSR count). The summed E-state index contributed by atoms with van der Waals surface area (Å²) < 4.78 is 8.28. The molecule has 0 bridgehead atoms. The maximum absolute atomic E-state index is 5.74. The molecule has 3 aliphatic heterocycles. The highest BCUT2D eigenvalue weighted by molar-refractivity contribution is 6.56. The van der Waals surface area contributed by atoms with Gasteiger partial charge in [0.15, 0.2) is 0 Å². The number of benzene rings is 9. The van der Waals surface area contributed by atoms with E-state index in [1.165, 1.54) is 0 Å². The number of nitrogens with zero attached hydrogens (tertiary/aromatic N) is 12. The highest BCUT2D eigenvalue weighted by atomic mass is 27.2. The van der Waals surface area contributed by atoms with Gasteiger partial charge in [-0.2, -0.15) is 0 Å². The SMILES string of the molecule is CC1=CC(C)=NC1=C(c1cc(-c2ccc3ccccc3n2)cc(-c2ccc3ccccc3n2)c1)c1c(C)cc(C)[n]1[Al]([n]1c(C)cc(C)c1C(=C1N=C(C)C=C1C)c1cc(-c2ccc3ccccc3n2)cc(-c2ccc3ccccc3n2)c1)[n]1c(C)cc(C)c1C(=C1N=C(C)C=C1C)c1cc(-c2ccc3ccccc3n2)cc(-c2ccc3ccccc3n2)c1. The fourth-order valence-electron chi connectivity index (χ4n) is 19.2. The summed E-state index contributed by atoms with van der Waals surface area (Å²) >= 11 is -3.49. The fraction of sp³-hybridized carbons (Fsp3) is 0.108. The van der Waals surface area contributed by atoms with Crippen molar-refractivity contribution in [1.29, 1.82) is 0 Å². The summed E-state index contributed by atoms with van der Waals surface area (Å²) in [5, 5.41) is 6.40. The molecule has 0 fully saturated rings. The number of pyridine rings is 6. The molecule has 0 unspecified atom stereocenters. The van der Waals surface area contributed by atoms with Gasteiger partial charge in [0.2, 0.25) is 0 Å². The van der Waals surface area contributed by atoms with E-state index in [0.29, 0.717) is 0 Å². The van der Waals surface area contributed by atoms with Crippen LogP contribution in [0.1, 0.15) is 109 Å². The van der Waals surface area contributed by atoms with Gasteiger partial charge < -0.3 is 10.7 Å². The van der Waals surface area contributed by atoms with Gasteiger partial charge in [-0.25, -0.2) is 29.9 Å². The van der Waals surface area contributed by atoms with E-state index in [9.17, 15) is 0 Å². The molecule has 0 radical (unpaired) electrons. The lowest BCUT2D eigenvalue weighted by molar-refractivity contribution is 0.883. The van der Waals surface area contributed by atoms with E-state index >= 15 is 0 Å². The van der Waals surface area contributed by atoms with E-state index in [2.05, 4.69) is 403 Å². The van der Waals surface area contributed by atoms with Crippen LogP contribution in [0.3, 0.4) is 0 Å². The second-order valence-electron chi connectivity index (χ2n) is 33.6. The average molecular weight is 1620 g/mol. The number of aromatic nitrogens is 9. The first-order valence-corrected chi connectivity index (χ1v) is 44.0. The molecule has 124 heavy (non-hydrogen) atoms. The van der Waals surface area contributed by atoms with Crippen LogP contribution in [0, 0.1) is 41.5 Å². The third kappa shape index (κ3) is 13.7. The van der Waals surface area contributed by atoms with Gasteiger partial charge >= 0.3 is 14.8 Å². The molecule has 12 nitrogen and oxygen atoms in total. The first kappa shape index (κ1) is 76.6. The summed E-state index contributed by atoms with van der Waals surface area (Å²) in [6.45, 7) is 26.9. The fourth-order valence-corrected chi connectivity index (χ4v) is 22.9. The predicted molar refractivity (Wildman–Crippen MR) is 516 cm³/mol. The van der Waals surface area contributed by atoms with Gasteiger partial charge in [-0.3, -0.25) is 15.0 Å². The minimum atomic E-state index is -3.49. The maximum atomic E-state index is 5.74. The van der Waals surface area contributed by atoms with E-state index < -0.39 is 14.8 Å². The van der Waals surface area contributed by atoms with E-state index in [0.717, 1.165) is 268 Å². The maximum Gasteiger partial charge on any atom is 0.755 e. The van der Waals surface area contributed by atoms with E-state index in [1.807, 2.05) is 0 Å². The minimum Gasteiger partial charge on any atom is -0.399 e. The van der Waals surface area contributed by atoms with Crippen molar-refractivity contribution in [2.75, 3.05) is 0 Å². The van der Waals surface area contributed by atoms with Crippen LogP contribution in [0.15, 0.2) is 358 Å². The monoisotopic (exact) mass is 1610 g/mol. The van der Waals surface area contributed by atoms with Crippen LogP contribution >= 0.6 is 0 Å². The van der Waals surface area contributed by atoms with Crippen LogP contribution in [0.2, 0.25) is 0 Å². The molecule has 594 valence electrons. The lowest BCUT2D eigenvalue weighted by atomic mass is 9.91. The Morgan fingerprint density at radius 2 is 0.427 bits per heavy atom. The number of hydrogen-bond acceptors (Lipinski definition) is 9. The van der Waals surface area contributed by atoms with Crippen molar-refractivity contribution in [3.63, 3.8) is 0 Å². The molecule has 9 aromatic heterocycles. The normalized spacial score (nSPS) is 14.7. The number of allylic oxidation sites excluding steroid dienone is 6. The van der Waals surface area contributed by atoms with Gasteiger partial charge in [0, 0.05) is 117 Å². The summed E-state index contributed by atoms with van der Waals surface area (Å²) in [7, 11) is 0. The quantitative estimate of drug-likeness (QED) is 0.0940. The topological polar surface area (TPSA) is 129 Å². The molecule has 0 atom stereocenters. The van der Waals surface area contributed by atoms with Crippen LogP contribution in [0.25, 0.3) is 150 Å². The highest BCUT2D eigenvalue weighted by Gasteiger charge is 2.45. The van der Waals surface area contributed by atoms with Gasteiger partial charge in [0.25, 0.3) is 0 Å². The third-order valence-electron chi connectivity index (χ3n) is 24.7. The molecule has 9 aromatic carbocycles. The molecule has 0 saturated heterocycles. The molecule has 0 spiro atoms. The summed E-state index contributed by atoms with van der Waals surface area (Å²) in [6, 6.07) is 105. The molecule has 0 aliphatic carbocycles. The second kappa shape index (κ2) is 30.8. The Labute approximate surface area is 726 Å². The van der Waals surface area contributed by atoms with Gasteiger partial charge in [-0.15, -0.1) is 0 Å². The van der Waals surface area contributed by atoms with Crippen molar-refractivity contribution in [1.82, 2.24) is 40.6 Å². The Hall–Kier alpha value is -14.7. The van der Waals surface area contributed by atoms with Crippen molar-refractivity contribution in [3.8, 4) is 67.5 Å². The summed E-state index contributed by atoms with van der Waals surface area (Å²) in [5.41, 5.74) is 40.3. The number of fused-ring (bicyclic) bond motifs is 6. The van der Waals surface area contributed by atoms with E-state index in [4.69, 9.17) is 44.9 Å². The zero-order valence-electron chi connectivity index (χ0n) is 71.4. The van der Waals surface area contributed by atoms with Crippen LogP contribution in [0.4, 0.5) is 0 Å². The first-order chi connectivity index (χ1) is 60.3. The molecular weight excluding hydrogens is 1530 g/mol. The Morgan fingerprint density at radius 3 is 0.621 bits per heavy atom. The number of aliphatic imine (C=N–C) groups is 3. The van der Waals surface area contributed by atoms with Crippen molar-refractivity contribution < 1.29 is 0 Å². The summed E-state index contributed by atoms with van der Waals surface area (Å²) in [4.78, 5) is 50.2. The smallest absolute Gasteiger partial charge is 0.399 e. The number of hydrogen-bond donors (Lipinski definition) is 0. The largest absolute Gasteiger partial charge is 0.755 e. The van der Waals surface area contributed by atoms with Crippen molar-refractivity contribution in [3.05, 3.63) is 411 Å². The standard InChI is InChI=1S/3C37H29N4.Al/c3*1-22-17-24(3)38-36(22)35(37-23(2)18-25(4)39-37)30-20-28(33-15-13-26-9-5-7-11-31(26)40-33)19-29(21-30)34-16-14-27-10-6-8-12-32(27)41-34;/h3*5-21H,1-4H3;/q3*-1;+3. The molecule has 3 aliphatic rings. The third-order valence-corrected chi connectivity index (χ3v) is 28.0. The highest BCUT2D eigenvalue weighted by Crippen LogP contribution is 2.48. The Balaban J connectivity index is 0.891. The van der Waals surface area contributed by atoms with Gasteiger partial charge in [0.05, 0.1) is 84.4 Å². The number of para-hydroxylation sites is 6. The van der Waals surface area contributed by atoms with Crippen LogP contribution < -0.4 is 0 Å². The lowest BCUT2D eigenvalue weighted by Crippen LogP contribution is -2.46. The van der Waals surface area contributed by atoms with Crippen LogP contribution in [-0.2, 0) is 0 Å². The molecular formula is C111H87AlN12. The zero-order chi connectivity index (χ0) is 84.4. The molecule has 0 N–H and O–H groups in total. The molecule has 0 amide bonds. The summed E-state index contributed by atoms with van der Waals surface area (Å²) in [6.07, 6.45) is 6.70. The first-order valence-electron chi connectivity index (χ1n) is 42.5. The van der Waals surface area contributed by atoms with Crippen molar-refractivity contribution in [2.45, 2.75) is 83.1 Å². The molecule has 0 saturated carbocycles. The minimum absolute atomic E-state index is 0.844. The van der Waals surface area contributed by atoms with E-state index in [-0.39, 0.29) is 0 Å². The number of rotatable bonds is 15. The number of aryl methyl sites for hydroxylation is 6. The van der Waals surface area contributed by atoms with Crippen molar-refractivity contribution in [2.24, 2.45) is 15.0 Å². The molecule has 12 heterocycles. The van der Waals surface area contributed by atoms with Gasteiger partial charge in [0.1, 0.15) is 0 Å². The van der Waals surface area contributed by atoms with E-state index in [1.54, 1.807) is 0 Å².